The average Bonchev–Trinajstić information content (AvgIpc) is 2.52. The summed E-state index contributed by atoms with van der Waals surface area (Å²) in [7, 11) is 0. The van der Waals surface area contributed by atoms with Crippen molar-refractivity contribution in [3.8, 4) is 0 Å². The molecule has 1 heterocycles. The number of benzene rings is 1. The van der Waals surface area contributed by atoms with Crippen LogP contribution < -0.4 is 0 Å². The van der Waals surface area contributed by atoms with Crippen LogP contribution in [0.3, 0.4) is 0 Å². The van der Waals surface area contributed by atoms with Crippen LogP contribution in [0.2, 0.25) is 5.02 Å². The highest BCUT2D eigenvalue weighted by atomic mass is 35.5. The molecule has 1 aromatic rings. The maximum atomic E-state index is 12.5. The van der Waals surface area contributed by atoms with Crippen molar-refractivity contribution < 1.29 is 14.3 Å². The predicted octanol–water partition coefficient (Wildman–Crippen LogP) is 3.00. The first kappa shape index (κ1) is 16.3. The zero-order chi connectivity index (χ0) is 15.1. The summed E-state index contributed by atoms with van der Waals surface area (Å²) in [5.74, 6) is -0.0151. The molecule has 1 saturated heterocycles. The van der Waals surface area contributed by atoms with Gasteiger partial charge in [-0.2, -0.15) is 0 Å². The predicted molar refractivity (Wildman–Crippen MR) is 82.8 cm³/mol. The van der Waals surface area contributed by atoms with Crippen molar-refractivity contribution in [3.05, 3.63) is 34.9 Å². The molecule has 0 bridgehead atoms. The van der Waals surface area contributed by atoms with Crippen LogP contribution in [0.15, 0.2) is 24.3 Å². The van der Waals surface area contributed by atoms with E-state index < -0.39 is 0 Å². The number of halogens is 1. The number of hydrogen-bond donors (Lipinski definition) is 0. The Morgan fingerprint density at radius 2 is 2.19 bits per heavy atom. The summed E-state index contributed by atoms with van der Waals surface area (Å²) in [5.41, 5.74) is 0.564. The summed E-state index contributed by atoms with van der Waals surface area (Å²) in [6.45, 7) is 5.22. The molecule has 0 aromatic heterocycles. The van der Waals surface area contributed by atoms with E-state index in [-0.39, 0.29) is 12.0 Å². The van der Waals surface area contributed by atoms with Crippen molar-refractivity contribution >= 4 is 17.5 Å². The van der Waals surface area contributed by atoms with Crippen molar-refractivity contribution in [1.29, 1.82) is 0 Å². The van der Waals surface area contributed by atoms with Gasteiger partial charge in [-0.3, -0.25) is 4.79 Å². The van der Waals surface area contributed by atoms with Crippen LogP contribution in [0.1, 0.15) is 30.1 Å². The molecule has 1 atom stereocenters. The highest BCUT2D eigenvalue weighted by Gasteiger charge is 2.25. The Bertz CT molecular complexity index is 467. The third-order valence-corrected chi connectivity index (χ3v) is 3.88. The average molecular weight is 312 g/mol. The second kappa shape index (κ2) is 8.37. The van der Waals surface area contributed by atoms with Crippen LogP contribution in [0.5, 0.6) is 0 Å². The number of hydrogen-bond acceptors (Lipinski definition) is 3. The molecule has 5 heteroatoms. The van der Waals surface area contributed by atoms with Crippen LogP contribution in [-0.4, -0.2) is 49.8 Å². The second-order valence-corrected chi connectivity index (χ2v) is 5.47. The lowest BCUT2D eigenvalue weighted by Crippen LogP contribution is -2.43. The first-order valence-corrected chi connectivity index (χ1v) is 7.83. The van der Waals surface area contributed by atoms with Crippen LogP contribution in [0.4, 0.5) is 0 Å². The van der Waals surface area contributed by atoms with Gasteiger partial charge < -0.3 is 14.4 Å². The number of likely N-dealkylation sites (tertiary alicyclic amines) is 1. The molecule has 0 radical (unpaired) electrons. The van der Waals surface area contributed by atoms with E-state index in [9.17, 15) is 4.79 Å². The molecular weight excluding hydrogens is 290 g/mol. The number of piperidine rings is 1. The fourth-order valence-electron chi connectivity index (χ4n) is 2.48. The molecular formula is C16H22ClNO3. The standard InChI is InChI=1S/C16H22ClNO3/c1-2-20-10-11-21-13-6-5-9-18(12-13)16(19)14-7-3-4-8-15(14)17/h3-4,7-8,13H,2,5-6,9-12H2,1H3/t13-/m0/s1. The van der Waals surface area contributed by atoms with Gasteiger partial charge in [0.1, 0.15) is 0 Å². The Hall–Kier alpha value is -1.10. The molecule has 0 aliphatic carbocycles. The molecule has 0 N–H and O–H groups in total. The number of carbonyl (C=O) groups excluding carboxylic acids is 1. The minimum atomic E-state index is -0.0151. The Balaban J connectivity index is 1.88. The van der Waals surface area contributed by atoms with Gasteiger partial charge in [0.15, 0.2) is 0 Å². The van der Waals surface area contributed by atoms with E-state index in [1.165, 1.54) is 0 Å². The van der Waals surface area contributed by atoms with E-state index in [0.717, 1.165) is 19.4 Å². The van der Waals surface area contributed by atoms with E-state index in [1.54, 1.807) is 12.1 Å². The lowest BCUT2D eigenvalue weighted by molar-refractivity contribution is -0.0226. The number of carbonyl (C=O) groups is 1. The maximum Gasteiger partial charge on any atom is 0.255 e. The summed E-state index contributed by atoms with van der Waals surface area (Å²) >= 11 is 6.10. The van der Waals surface area contributed by atoms with Crippen LogP contribution in [0.25, 0.3) is 0 Å². The zero-order valence-electron chi connectivity index (χ0n) is 12.4. The molecule has 1 fully saturated rings. The maximum absolute atomic E-state index is 12.5. The highest BCUT2D eigenvalue weighted by Crippen LogP contribution is 2.20. The van der Waals surface area contributed by atoms with E-state index in [4.69, 9.17) is 21.1 Å². The largest absolute Gasteiger partial charge is 0.379 e. The number of amides is 1. The van der Waals surface area contributed by atoms with Crippen molar-refractivity contribution in [2.45, 2.75) is 25.9 Å². The lowest BCUT2D eigenvalue weighted by Gasteiger charge is -2.33. The van der Waals surface area contributed by atoms with Crippen LogP contribution in [-0.2, 0) is 9.47 Å². The monoisotopic (exact) mass is 311 g/mol. The molecule has 21 heavy (non-hydrogen) atoms. The van der Waals surface area contributed by atoms with Gasteiger partial charge in [-0.25, -0.2) is 0 Å². The molecule has 4 nitrogen and oxygen atoms in total. The van der Waals surface area contributed by atoms with Gasteiger partial charge in [-0.1, -0.05) is 23.7 Å². The third-order valence-electron chi connectivity index (χ3n) is 3.55. The molecule has 1 aliphatic heterocycles. The van der Waals surface area contributed by atoms with Gasteiger partial charge >= 0.3 is 0 Å². The topological polar surface area (TPSA) is 38.8 Å². The fourth-order valence-corrected chi connectivity index (χ4v) is 2.70. The van der Waals surface area contributed by atoms with Gasteiger partial charge in [0.2, 0.25) is 0 Å². The summed E-state index contributed by atoms with van der Waals surface area (Å²) in [5, 5.41) is 0.502. The van der Waals surface area contributed by atoms with Crippen molar-refractivity contribution in [3.63, 3.8) is 0 Å². The normalized spacial score (nSPS) is 18.8. The number of ether oxygens (including phenoxy) is 2. The quantitative estimate of drug-likeness (QED) is 0.758. The van der Waals surface area contributed by atoms with E-state index >= 15 is 0 Å². The molecule has 2 rings (SSSR count). The fraction of sp³-hybridized carbons (Fsp3) is 0.562. The minimum Gasteiger partial charge on any atom is -0.379 e. The lowest BCUT2D eigenvalue weighted by atomic mass is 10.1. The first-order chi connectivity index (χ1) is 10.2. The zero-order valence-corrected chi connectivity index (χ0v) is 13.1. The Morgan fingerprint density at radius 3 is 2.95 bits per heavy atom. The molecule has 0 saturated carbocycles. The minimum absolute atomic E-state index is 0.0151. The Morgan fingerprint density at radius 1 is 1.38 bits per heavy atom. The highest BCUT2D eigenvalue weighted by molar-refractivity contribution is 6.33. The van der Waals surface area contributed by atoms with Crippen molar-refractivity contribution in [2.75, 3.05) is 32.9 Å². The Kier molecular flexibility index (Phi) is 6.49. The van der Waals surface area contributed by atoms with E-state index in [1.807, 2.05) is 24.0 Å². The van der Waals surface area contributed by atoms with Crippen LogP contribution in [0, 0.1) is 0 Å². The third kappa shape index (κ3) is 4.70. The summed E-state index contributed by atoms with van der Waals surface area (Å²) in [6.07, 6.45) is 2.03. The number of nitrogens with zero attached hydrogens (tertiary/aromatic N) is 1. The summed E-state index contributed by atoms with van der Waals surface area (Å²) in [4.78, 5) is 14.3. The molecule has 0 spiro atoms. The molecule has 1 amide bonds. The van der Waals surface area contributed by atoms with Crippen molar-refractivity contribution in [2.24, 2.45) is 0 Å². The smallest absolute Gasteiger partial charge is 0.255 e. The first-order valence-electron chi connectivity index (χ1n) is 7.45. The second-order valence-electron chi connectivity index (χ2n) is 5.06. The SMILES string of the molecule is CCOCCO[C@H]1CCCN(C(=O)c2ccccc2Cl)C1. The molecule has 1 aromatic carbocycles. The number of rotatable bonds is 6. The summed E-state index contributed by atoms with van der Waals surface area (Å²) < 4.78 is 11.0. The van der Waals surface area contributed by atoms with Gasteiger partial charge in [0.25, 0.3) is 5.91 Å². The van der Waals surface area contributed by atoms with E-state index in [2.05, 4.69) is 0 Å². The molecule has 0 unspecified atom stereocenters. The van der Waals surface area contributed by atoms with Gasteiger partial charge in [-0.05, 0) is 31.9 Å². The van der Waals surface area contributed by atoms with Crippen molar-refractivity contribution in [1.82, 2.24) is 4.90 Å². The molecule has 116 valence electrons. The van der Waals surface area contributed by atoms with E-state index in [0.29, 0.717) is 37.0 Å². The van der Waals surface area contributed by atoms with Gasteiger partial charge in [0, 0.05) is 19.7 Å². The van der Waals surface area contributed by atoms with Crippen LogP contribution >= 0.6 is 11.6 Å². The molecule has 1 aliphatic rings. The Labute approximate surface area is 131 Å². The van der Waals surface area contributed by atoms with Gasteiger partial charge in [-0.15, -0.1) is 0 Å². The van der Waals surface area contributed by atoms with Gasteiger partial charge in [0.05, 0.1) is 29.9 Å². The summed E-state index contributed by atoms with van der Waals surface area (Å²) in [6, 6.07) is 7.17.